The number of hydrogen-bond acceptors (Lipinski definition) is 3. The van der Waals surface area contributed by atoms with Crippen LogP contribution in [0.5, 0.6) is 5.75 Å². The molecule has 0 aromatic heterocycles. The molecule has 0 aliphatic carbocycles. The average molecular weight is 265 g/mol. The molecule has 0 radical (unpaired) electrons. The van der Waals surface area contributed by atoms with Gasteiger partial charge in [-0.3, -0.25) is 9.59 Å². The van der Waals surface area contributed by atoms with Crippen molar-refractivity contribution >= 4 is 11.9 Å². The summed E-state index contributed by atoms with van der Waals surface area (Å²) in [4.78, 5) is 21.9. The van der Waals surface area contributed by atoms with Crippen molar-refractivity contribution in [3.63, 3.8) is 0 Å². The van der Waals surface area contributed by atoms with E-state index < -0.39 is 18.3 Å². The van der Waals surface area contributed by atoms with Gasteiger partial charge in [0.2, 0.25) is 5.91 Å². The van der Waals surface area contributed by atoms with Crippen LogP contribution in [0.4, 0.5) is 0 Å². The van der Waals surface area contributed by atoms with E-state index >= 15 is 0 Å². The number of nitrogens with one attached hydrogen (secondary N) is 1. The highest BCUT2D eigenvalue weighted by atomic mass is 16.5. The first kappa shape index (κ1) is 15.0. The maximum Gasteiger partial charge on any atom is 0.312 e. The lowest BCUT2D eigenvalue weighted by Crippen LogP contribution is -2.28. The predicted molar refractivity (Wildman–Crippen MR) is 71.0 cm³/mol. The molecule has 1 aromatic rings. The fourth-order valence-corrected chi connectivity index (χ4v) is 1.71. The van der Waals surface area contributed by atoms with Gasteiger partial charge in [-0.15, -0.1) is 0 Å². The van der Waals surface area contributed by atoms with E-state index in [0.29, 0.717) is 5.75 Å². The highest BCUT2D eigenvalue weighted by Crippen LogP contribution is 2.25. The Kier molecular flexibility index (Phi) is 5.36. The second kappa shape index (κ2) is 6.78. The van der Waals surface area contributed by atoms with Gasteiger partial charge in [0.15, 0.2) is 0 Å². The van der Waals surface area contributed by atoms with E-state index in [9.17, 15) is 9.59 Å². The zero-order valence-corrected chi connectivity index (χ0v) is 11.3. The number of hydrogen-bond donors (Lipinski definition) is 2. The second-order valence-electron chi connectivity index (χ2n) is 4.56. The Hall–Kier alpha value is -2.04. The van der Waals surface area contributed by atoms with Crippen LogP contribution in [0.25, 0.3) is 0 Å². The molecule has 1 aromatic carbocycles. The van der Waals surface area contributed by atoms with E-state index in [2.05, 4.69) is 5.32 Å². The summed E-state index contributed by atoms with van der Waals surface area (Å²) < 4.78 is 5.66. The molecule has 0 aliphatic heterocycles. The Morgan fingerprint density at radius 3 is 2.47 bits per heavy atom. The minimum Gasteiger partial charge on any atom is -0.491 e. The molecule has 104 valence electrons. The number of amides is 1. The summed E-state index contributed by atoms with van der Waals surface area (Å²) in [6, 6.07) is 7.08. The largest absolute Gasteiger partial charge is 0.491 e. The topological polar surface area (TPSA) is 75.6 Å². The number of carboxylic acids is 1. The number of carboxylic acid groups (broad SMARTS) is 1. The first-order valence-electron chi connectivity index (χ1n) is 6.17. The van der Waals surface area contributed by atoms with Gasteiger partial charge in [-0.1, -0.05) is 18.2 Å². The monoisotopic (exact) mass is 265 g/mol. The molecule has 0 saturated carbocycles. The van der Waals surface area contributed by atoms with Gasteiger partial charge in [-0.2, -0.15) is 0 Å². The fraction of sp³-hybridized carbons (Fsp3) is 0.429. The minimum absolute atomic E-state index is 0.0306. The van der Waals surface area contributed by atoms with Gasteiger partial charge in [0.05, 0.1) is 12.1 Å². The summed E-state index contributed by atoms with van der Waals surface area (Å²) >= 11 is 0. The SMILES string of the molecule is CC(C)Oc1ccccc1C(C)NC(=O)CC(=O)O. The molecular weight excluding hydrogens is 246 g/mol. The molecule has 0 saturated heterocycles. The van der Waals surface area contributed by atoms with Gasteiger partial charge in [0, 0.05) is 5.56 Å². The van der Waals surface area contributed by atoms with Crippen LogP contribution in [0.3, 0.4) is 0 Å². The van der Waals surface area contributed by atoms with Crippen molar-refractivity contribution < 1.29 is 19.4 Å². The quantitative estimate of drug-likeness (QED) is 0.772. The first-order chi connectivity index (χ1) is 8.90. The molecule has 0 aliphatic rings. The van der Waals surface area contributed by atoms with Gasteiger partial charge in [0.1, 0.15) is 12.2 Å². The van der Waals surface area contributed by atoms with E-state index in [4.69, 9.17) is 9.84 Å². The van der Waals surface area contributed by atoms with E-state index in [1.807, 2.05) is 38.1 Å². The molecule has 5 heteroatoms. The van der Waals surface area contributed by atoms with E-state index in [1.54, 1.807) is 6.92 Å². The summed E-state index contributed by atoms with van der Waals surface area (Å²) in [5.41, 5.74) is 0.829. The van der Waals surface area contributed by atoms with Gasteiger partial charge in [0.25, 0.3) is 0 Å². The molecule has 19 heavy (non-hydrogen) atoms. The highest BCUT2D eigenvalue weighted by molar-refractivity contribution is 5.93. The number of rotatable bonds is 6. The molecule has 5 nitrogen and oxygen atoms in total. The molecule has 1 amide bonds. The molecule has 1 unspecified atom stereocenters. The molecule has 0 spiro atoms. The molecule has 2 N–H and O–H groups in total. The van der Waals surface area contributed by atoms with Crippen LogP contribution < -0.4 is 10.1 Å². The Bertz CT molecular complexity index is 457. The summed E-state index contributed by atoms with van der Waals surface area (Å²) in [7, 11) is 0. The maximum absolute atomic E-state index is 11.4. The van der Waals surface area contributed by atoms with Crippen molar-refractivity contribution in [2.45, 2.75) is 39.3 Å². The van der Waals surface area contributed by atoms with E-state index in [1.165, 1.54) is 0 Å². The molecule has 0 heterocycles. The number of carbonyl (C=O) groups excluding carboxylic acids is 1. The first-order valence-corrected chi connectivity index (χ1v) is 6.17. The van der Waals surface area contributed by atoms with Gasteiger partial charge >= 0.3 is 5.97 Å². The summed E-state index contributed by atoms with van der Waals surface area (Å²) in [5.74, 6) is -0.962. The third-order valence-electron chi connectivity index (χ3n) is 2.44. The van der Waals surface area contributed by atoms with Gasteiger partial charge in [-0.05, 0) is 26.8 Å². The lowest BCUT2D eigenvalue weighted by Gasteiger charge is -2.19. The van der Waals surface area contributed by atoms with Gasteiger partial charge in [-0.25, -0.2) is 0 Å². The highest BCUT2D eigenvalue weighted by Gasteiger charge is 2.16. The zero-order valence-electron chi connectivity index (χ0n) is 11.3. The van der Waals surface area contributed by atoms with Crippen molar-refractivity contribution in [3.05, 3.63) is 29.8 Å². The molecular formula is C14H19NO4. The normalized spacial score (nSPS) is 12.0. The summed E-state index contributed by atoms with van der Waals surface area (Å²) in [6.45, 7) is 5.64. The minimum atomic E-state index is -1.14. The van der Waals surface area contributed by atoms with Crippen LogP contribution in [0.15, 0.2) is 24.3 Å². The Balaban J connectivity index is 2.78. The number of benzene rings is 1. The van der Waals surface area contributed by atoms with Crippen molar-refractivity contribution in [2.24, 2.45) is 0 Å². The van der Waals surface area contributed by atoms with Crippen molar-refractivity contribution in [1.29, 1.82) is 0 Å². The van der Waals surface area contributed by atoms with Crippen molar-refractivity contribution in [2.75, 3.05) is 0 Å². The van der Waals surface area contributed by atoms with Crippen LogP contribution >= 0.6 is 0 Å². The summed E-state index contributed by atoms with van der Waals surface area (Å²) in [5, 5.41) is 11.2. The molecule has 1 atom stereocenters. The average Bonchev–Trinajstić information content (AvgIpc) is 2.27. The zero-order chi connectivity index (χ0) is 14.4. The summed E-state index contributed by atoms with van der Waals surface area (Å²) in [6.07, 6.45) is -0.500. The maximum atomic E-state index is 11.4. The number of aliphatic carboxylic acids is 1. The third-order valence-corrected chi connectivity index (χ3v) is 2.44. The van der Waals surface area contributed by atoms with Crippen molar-refractivity contribution in [3.8, 4) is 5.75 Å². The number of ether oxygens (including phenoxy) is 1. The standard InChI is InChI=1S/C14H19NO4/c1-9(2)19-12-7-5-4-6-11(12)10(3)15-13(16)8-14(17)18/h4-7,9-10H,8H2,1-3H3,(H,15,16)(H,17,18). The lowest BCUT2D eigenvalue weighted by atomic mass is 10.1. The Morgan fingerprint density at radius 1 is 1.26 bits per heavy atom. The van der Waals surface area contributed by atoms with Crippen LogP contribution in [0, 0.1) is 0 Å². The number of para-hydroxylation sites is 1. The fourth-order valence-electron chi connectivity index (χ4n) is 1.71. The van der Waals surface area contributed by atoms with Crippen LogP contribution in [-0.2, 0) is 9.59 Å². The third kappa shape index (κ3) is 4.99. The molecule has 1 rings (SSSR count). The van der Waals surface area contributed by atoms with Gasteiger partial charge < -0.3 is 15.2 Å². The smallest absolute Gasteiger partial charge is 0.312 e. The van der Waals surface area contributed by atoms with E-state index in [0.717, 1.165) is 5.56 Å². The predicted octanol–water partition coefficient (Wildman–Crippen LogP) is 2.13. The van der Waals surface area contributed by atoms with Crippen LogP contribution in [0.1, 0.15) is 38.8 Å². The Labute approximate surface area is 112 Å². The van der Waals surface area contributed by atoms with E-state index in [-0.39, 0.29) is 12.1 Å². The second-order valence-corrected chi connectivity index (χ2v) is 4.56. The van der Waals surface area contributed by atoms with Crippen LogP contribution in [0.2, 0.25) is 0 Å². The van der Waals surface area contributed by atoms with Crippen molar-refractivity contribution in [1.82, 2.24) is 5.32 Å². The Morgan fingerprint density at radius 2 is 1.89 bits per heavy atom. The lowest BCUT2D eigenvalue weighted by molar-refractivity contribution is -0.140. The molecule has 0 bridgehead atoms. The number of carbonyl (C=O) groups is 2. The van der Waals surface area contributed by atoms with Crippen LogP contribution in [-0.4, -0.2) is 23.1 Å². The molecule has 0 fully saturated rings.